The van der Waals surface area contributed by atoms with E-state index in [-0.39, 0.29) is 5.91 Å². The third-order valence-electron chi connectivity index (χ3n) is 2.04. The lowest BCUT2D eigenvalue weighted by molar-refractivity contribution is 0.0963. The Bertz CT molecular complexity index is 527. The van der Waals surface area contributed by atoms with Crippen molar-refractivity contribution in [2.45, 2.75) is 9.24 Å². The van der Waals surface area contributed by atoms with Crippen molar-refractivity contribution in [2.75, 3.05) is 12.8 Å². The molecule has 0 saturated carbocycles. The molecule has 0 radical (unpaired) electrons. The van der Waals surface area contributed by atoms with E-state index in [2.05, 4.69) is 14.7 Å². The van der Waals surface area contributed by atoms with Gasteiger partial charge in [0.05, 0.1) is 0 Å². The minimum atomic E-state index is -0.149. The molecule has 2 rings (SSSR count). The highest BCUT2D eigenvalue weighted by atomic mass is 32.2. The van der Waals surface area contributed by atoms with E-state index in [1.54, 1.807) is 19.2 Å². The number of anilines is 1. The zero-order valence-corrected chi connectivity index (χ0v) is 10.6. The summed E-state index contributed by atoms with van der Waals surface area (Å²) in [5.41, 5.74) is 7.00. The number of carbonyl (C=O) groups is 1. The lowest BCUT2D eigenvalue weighted by atomic mass is 10.2. The van der Waals surface area contributed by atoms with Gasteiger partial charge in [-0.15, -0.1) is 0 Å². The van der Waals surface area contributed by atoms with Crippen LogP contribution in [0.25, 0.3) is 0 Å². The van der Waals surface area contributed by atoms with Crippen LogP contribution in [0.5, 0.6) is 0 Å². The second kappa shape index (κ2) is 5.15. The summed E-state index contributed by atoms with van der Waals surface area (Å²) in [4.78, 5) is 16.3. The number of hydrogen-bond donors (Lipinski definition) is 2. The normalized spacial score (nSPS) is 10.2. The highest BCUT2D eigenvalue weighted by Crippen LogP contribution is 2.32. The van der Waals surface area contributed by atoms with Crippen molar-refractivity contribution in [3.05, 3.63) is 30.1 Å². The van der Waals surface area contributed by atoms with Crippen molar-refractivity contribution in [2.24, 2.45) is 0 Å². The Balaban J connectivity index is 2.23. The fourth-order valence-electron chi connectivity index (χ4n) is 1.23. The van der Waals surface area contributed by atoms with Crippen LogP contribution < -0.4 is 11.1 Å². The second-order valence-electron chi connectivity index (χ2n) is 3.14. The van der Waals surface area contributed by atoms with E-state index in [9.17, 15) is 4.79 Å². The van der Waals surface area contributed by atoms with Crippen LogP contribution >= 0.6 is 23.3 Å². The summed E-state index contributed by atoms with van der Waals surface area (Å²) in [6, 6.07) is 5.20. The first-order chi connectivity index (χ1) is 8.20. The van der Waals surface area contributed by atoms with E-state index in [1.807, 2.05) is 6.07 Å². The topological polar surface area (TPSA) is 80.9 Å². The predicted molar refractivity (Wildman–Crippen MR) is 68.3 cm³/mol. The van der Waals surface area contributed by atoms with Gasteiger partial charge < -0.3 is 11.1 Å². The largest absolute Gasteiger partial charge is 0.398 e. The van der Waals surface area contributed by atoms with Crippen LogP contribution in [0.15, 0.2) is 33.8 Å². The van der Waals surface area contributed by atoms with Gasteiger partial charge in [-0.1, -0.05) is 11.8 Å². The Kier molecular flexibility index (Phi) is 3.60. The van der Waals surface area contributed by atoms with Gasteiger partial charge in [0.1, 0.15) is 6.33 Å². The summed E-state index contributed by atoms with van der Waals surface area (Å²) in [5, 5.41) is 2.55. The zero-order valence-electron chi connectivity index (χ0n) is 9.01. The SMILES string of the molecule is CNC(=O)c1ccc(Sc2ncns2)c(N)c1. The number of nitrogens with two attached hydrogens (primary N) is 1. The van der Waals surface area contributed by atoms with E-state index in [4.69, 9.17) is 5.73 Å². The molecule has 1 aromatic carbocycles. The molecule has 0 aliphatic heterocycles. The second-order valence-corrected chi connectivity index (χ2v) is 5.21. The smallest absolute Gasteiger partial charge is 0.251 e. The summed E-state index contributed by atoms with van der Waals surface area (Å²) in [6.07, 6.45) is 1.50. The molecule has 3 N–H and O–H groups in total. The van der Waals surface area contributed by atoms with Crippen LogP contribution in [0.2, 0.25) is 0 Å². The van der Waals surface area contributed by atoms with Crippen molar-refractivity contribution >= 4 is 34.9 Å². The first-order valence-corrected chi connectivity index (χ1v) is 6.36. The number of nitrogens with zero attached hydrogens (tertiary/aromatic N) is 2. The van der Waals surface area contributed by atoms with Crippen molar-refractivity contribution in [3.8, 4) is 0 Å². The molecule has 0 unspecified atom stereocenters. The van der Waals surface area contributed by atoms with Gasteiger partial charge in [0.2, 0.25) is 0 Å². The van der Waals surface area contributed by atoms with E-state index < -0.39 is 0 Å². The summed E-state index contributed by atoms with van der Waals surface area (Å²) in [7, 11) is 1.59. The summed E-state index contributed by atoms with van der Waals surface area (Å²) < 4.78 is 4.74. The van der Waals surface area contributed by atoms with E-state index >= 15 is 0 Å². The standard InChI is InChI=1S/C10H10N4OS2/c1-12-9(15)6-2-3-8(7(11)4-6)16-10-13-5-14-17-10/h2-5H,11H2,1H3,(H,12,15). The summed E-state index contributed by atoms with van der Waals surface area (Å²) in [5.74, 6) is -0.149. The van der Waals surface area contributed by atoms with Gasteiger partial charge in [-0.2, -0.15) is 4.37 Å². The number of hydrogen-bond acceptors (Lipinski definition) is 6. The molecule has 0 fully saturated rings. The van der Waals surface area contributed by atoms with Crippen molar-refractivity contribution < 1.29 is 4.79 Å². The van der Waals surface area contributed by atoms with Gasteiger partial charge in [-0.05, 0) is 29.7 Å². The minimum absolute atomic E-state index is 0.149. The van der Waals surface area contributed by atoms with E-state index in [0.717, 1.165) is 9.24 Å². The zero-order chi connectivity index (χ0) is 12.3. The van der Waals surface area contributed by atoms with Gasteiger partial charge in [-0.3, -0.25) is 4.79 Å². The average Bonchev–Trinajstić information content (AvgIpc) is 2.83. The molecular weight excluding hydrogens is 256 g/mol. The van der Waals surface area contributed by atoms with Crippen LogP contribution in [0, 0.1) is 0 Å². The van der Waals surface area contributed by atoms with Gasteiger partial charge in [0.25, 0.3) is 5.91 Å². The Labute approximate surface area is 107 Å². The molecule has 0 spiro atoms. The van der Waals surface area contributed by atoms with Gasteiger partial charge in [0, 0.05) is 23.2 Å². The van der Waals surface area contributed by atoms with Crippen molar-refractivity contribution in [1.29, 1.82) is 0 Å². The fourth-order valence-corrected chi connectivity index (χ4v) is 2.66. The lowest BCUT2D eigenvalue weighted by Gasteiger charge is -2.05. The van der Waals surface area contributed by atoms with Gasteiger partial charge >= 0.3 is 0 Å². The van der Waals surface area contributed by atoms with E-state index in [1.165, 1.54) is 29.6 Å². The molecule has 7 heteroatoms. The molecular formula is C10H10N4OS2. The Morgan fingerprint density at radius 2 is 2.35 bits per heavy atom. The predicted octanol–water partition coefficient (Wildman–Crippen LogP) is 1.63. The third kappa shape index (κ3) is 2.75. The number of nitrogen functional groups attached to an aromatic ring is 1. The van der Waals surface area contributed by atoms with Gasteiger partial charge in [-0.25, -0.2) is 4.98 Å². The molecule has 17 heavy (non-hydrogen) atoms. The lowest BCUT2D eigenvalue weighted by Crippen LogP contribution is -2.17. The van der Waals surface area contributed by atoms with Crippen LogP contribution in [0.1, 0.15) is 10.4 Å². The van der Waals surface area contributed by atoms with Gasteiger partial charge in [0.15, 0.2) is 4.34 Å². The Morgan fingerprint density at radius 3 is 2.94 bits per heavy atom. The maximum Gasteiger partial charge on any atom is 0.251 e. The minimum Gasteiger partial charge on any atom is -0.398 e. The molecule has 0 aliphatic carbocycles. The van der Waals surface area contributed by atoms with Crippen LogP contribution in [-0.4, -0.2) is 22.3 Å². The molecule has 88 valence electrons. The number of nitrogens with one attached hydrogen (secondary N) is 1. The Hall–Kier alpha value is -1.60. The molecule has 2 aromatic rings. The van der Waals surface area contributed by atoms with Crippen LogP contribution in [0.3, 0.4) is 0 Å². The quantitative estimate of drug-likeness (QED) is 0.825. The summed E-state index contributed by atoms with van der Waals surface area (Å²) >= 11 is 2.75. The first kappa shape index (κ1) is 11.9. The molecule has 5 nitrogen and oxygen atoms in total. The fraction of sp³-hybridized carbons (Fsp3) is 0.100. The number of carbonyl (C=O) groups excluding carboxylic acids is 1. The van der Waals surface area contributed by atoms with Crippen molar-refractivity contribution in [3.63, 3.8) is 0 Å². The molecule has 0 saturated heterocycles. The number of amides is 1. The number of rotatable bonds is 3. The molecule has 0 atom stereocenters. The van der Waals surface area contributed by atoms with E-state index in [0.29, 0.717) is 11.3 Å². The monoisotopic (exact) mass is 266 g/mol. The number of aromatic nitrogens is 2. The maximum atomic E-state index is 11.4. The summed E-state index contributed by atoms with van der Waals surface area (Å²) in [6.45, 7) is 0. The maximum absolute atomic E-state index is 11.4. The van der Waals surface area contributed by atoms with Crippen LogP contribution in [-0.2, 0) is 0 Å². The molecule has 1 amide bonds. The molecule has 1 heterocycles. The van der Waals surface area contributed by atoms with Crippen molar-refractivity contribution in [1.82, 2.24) is 14.7 Å². The highest BCUT2D eigenvalue weighted by Gasteiger charge is 2.08. The Morgan fingerprint density at radius 1 is 1.53 bits per heavy atom. The molecule has 0 aliphatic rings. The average molecular weight is 266 g/mol. The number of benzene rings is 1. The third-order valence-corrected chi connectivity index (χ3v) is 3.84. The molecule has 0 bridgehead atoms. The first-order valence-electron chi connectivity index (χ1n) is 4.77. The molecule has 1 aromatic heterocycles. The highest BCUT2D eigenvalue weighted by molar-refractivity contribution is 8.01. The van der Waals surface area contributed by atoms with Crippen LogP contribution in [0.4, 0.5) is 5.69 Å².